The van der Waals surface area contributed by atoms with Crippen molar-refractivity contribution in [2.45, 2.75) is 31.5 Å². The highest BCUT2D eigenvalue weighted by atomic mass is 79.9. The van der Waals surface area contributed by atoms with Gasteiger partial charge in [0.15, 0.2) is 0 Å². The van der Waals surface area contributed by atoms with Crippen molar-refractivity contribution in [3.63, 3.8) is 0 Å². The zero-order valence-corrected chi connectivity index (χ0v) is 19.4. The molecule has 32 heavy (non-hydrogen) atoms. The van der Waals surface area contributed by atoms with Gasteiger partial charge in [-0.1, -0.05) is 70.5 Å². The van der Waals surface area contributed by atoms with Crippen molar-refractivity contribution < 1.29 is 19.7 Å². The first-order valence-electron chi connectivity index (χ1n) is 10.7. The lowest BCUT2D eigenvalue weighted by molar-refractivity contribution is 0.0133. The number of hydrogen-bond acceptors (Lipinski definition) is 4. The van der Waals surface area contributed by atoms with Gasteiger partial charge in [0, 0.05) is 16.9 Å². The molecule has 3 N–H and O–H groups in total. The number of aliphatic hydroxyl groups excluding tert-OH is 2. The average Bonchev–Trinajstić information content (AvgIpc) is 3.12. The fraction of sp³-hybridized carbons (Fsp3) is 0.269. The lowest BCUT2D eigenvalue weighted by Gasteiger charge is -2.20. The van der Waals surface area contributed by atoms with E-state index in [1.807, 2.05) is 43.3 Å². The third-order valence-electron chi connectivity index (χ3n) is 5.98. The second-order valence-corrected chi connectivity index (χ2v) is 8.97. The molecule has 0 saturated heterocycles. The maximum atomic E-state index is 12.3. The monoisotopic (exact) mass is 495 g/mol. The Morgan fingerprint density at radius 2 is 1.66 bits per heavy atom. The van der Waals surface area contributed by atoms with Crippen molar-refractivity contribution in [1.29, 1.82) is 0 Å². The van der Waals surface area contributed by atoms with Gasteiger partial charge in [0.2, 0.25) is 0 Å². The molecule has 1 aliphatic carbocycles. The Hall–Kier alpha value is -2.67. The molecule has 0 bridgehead atoms. The van der Waals surface area contributed by atoms with E-state index in [9.17, 15) is 15.0 Å². The summed E-state index contributed by atoms with van der Waals surface area (Å²) in [7, 11) is 0. The van der Waals surface area contributed by atoms with E-state index in [0.29, 0.717) is 5.56 Å². The van der Waals surface area contributed by atoms with Crippen LogP contribution in [0, 0.1) is 6.92 Å². The number of amides is 1. The fourth-order valence-corrected chi connectivity index (χ4v) is 4.65. The fourth-order valence-electron chi connectivity index (χ4n) is 4.27. The minimum atomic E-state index is -1.03. The maximum Gasteiger partial charge on any atom is 0.407 e. The van der Waals surface area contributed by atoms with Crippen molar-refractivity contribution in [3.05, 3.63) is 93.5 Å². The number of ether oxygens (including phenoxy) is 1. The lowest BCUT2D eigenvalue weighted by atomic mass is 9.98. The minimum Gasteiger partial charge on any atom is -0.449 e. The Bertz CT molecular complexity index is 1070. The topological polar surface area (TPSA) is 78.8 Å². The van der Waals surface area contributed by atoms with Gasteiger partial charge in [-0.05, 0) is 58.9 Å². The summed E-state index contributed by atoms with van der Waals surface area (Å²) in [6.07, 6.45) is -2.36. The Morgan fingerprint density at radius 1 is 1.03 bits per heavy atom. The van der Waals surface area contributed by atoms with Crippen LogP contribution in [0.15, 0.2) is 71.2 Å². The molecule has 2 atom stereocenters. The van der Waals surface area contributed by atoms with Gasteiger partial charge >= 0.3 is 6.09 Å². The van der Waals surface area contributed by atoms with Gasteiger partial charge in [-0.2, -0.15) is 0 Å². The standard InChI is InChI=1S/C26H26BrNO4/c1-16-10-11-17(27)14-22(16)25(30)24(29)12-13-28-26(31)32-15-23-20-8-4-2-6-18(20)19-7-3-5-9-21(19)23/h2-11,14,23-25,29-30H,12-13,15H2,1H3,(H,28,31). The summed E-state index contributed by atoms with van der Waals surface area (Å²) < 4.78 is 6.34. The molecule has 0 aliphatic heterocycles. The number of fused-ring (bicyclic) bond motifs is 3. The van der Waals surface area contributed by atoms with Gasteiger partial charge in [0.05, 0.1) is 6.10 Å². The van der Waals surface area contributed by atoms with Crippen LogP contribution < -0.4 is 5.32 Å². The molecular weight excluding hydrogens is 470 g/mol. The molecule has 4 rings (SSSR count). The number of carbonyl (C=O) groups is 1. The van der Waals surface area contributed by atoms with Crippen LogP contribution >= 0.6 is 15.9 Å². The van der Waals surface area contributed by atoms with E-state index >= 15 is 0 Å². The van der Waals surface area contributed by atoms with Crippen LogP contribution in [0.25, 0.3) is 11.1 Å². The highest BCUT2D eigenvalue weighted by Gasteiger charge is 2.29. The molecule has 1 aliphatic rings. The van der Waals surface area contributed by atoms with E-state index in [0.717, 1.165) is 21.2 Å². The number of hydrogen-bond donors (Lipinski definition) is 3. The SMILES string of the molecule is Cc1ccc(Br)cc1C(O)C(O)CCNC(=O)OCC1c2ccccc2-c2ccccc21. The number of nitrogens with one attached hydrogen (secondary N) is 1. The molecule has 0 heterocycles. The summed E-state index contributed by atoms with van der Waals surface area (Å²) in [6, 6.07) is 21.9. The van der Waals surface area contributed by atoms with Gasteiger partial charge in [0.25, 0.3) is 0 Å². The first kappa shape index (κ1) is 22.5. The van der Waals surface area contributed by atoms with Crippen LogP contribution in [0.1, 0.15) is 40.7 Å². The molecule has 5 nitrogen and oxygen atoms in total. The van der Waals surface area contributed by atoms with Crippen LogP contribution in [0.3, 0.4) is 0 Å². The molecule has 3 aromatic carbocycles. The summed E-state index contributed by atoms with van der Waals surface area (Å²) in [4.78, 5) is 12.3. The Labute approximate surface area is 196 Å². The highest BCUT2D eigenvalue weighted by Crippen LogP contribution is 2.44. The second-order valence-electron chi connectivity index (χ2n) is 8.05. The zero-order chi connectivity index (χ0) is 22.7. The Balaban J connectivity index is 1.29. The predicted molar refractivity (Wildman–Crippen MR) is 128 cm³/mol. The number of aryl methyl sites for hydroxylation is 1. The lowest BCUT2D eigenvalue weighted by Crippen LogP contribution is -2.30. The van der Waals surface area contributed by atoms with E-state index < -0.39 is 18.3 Å². The largest absolute Gasteiger partial charge is 0.449 e. The van der Waals surface area contributed by atoms with Crippen LogP contribution in [0.2, 0.25) is 0 Å². The smallest absolute Gasteiger partial charge is 0.407 e. The molecule has 0 saturated carbocycles. The normalized spacial score (nSPS) is 14.4. The number of carbonyl (C=O) groups excluding carboxylic acids is 1. The van der Waals surface area contributed by atoms with Crippen LogP contribution in [0.4, 0.5) is 4.79 Å². The van der Waals surface area contributed by atoms with Crippen molar-refractivity contribution in [2.24, 2.45) is 0 Å². The summed E-state index contributed by atoms with van der Waals surface area (Å²) in [6.45, 7) is 2.32. The summed E-state index contributed by atoms with van der Waals surface area (Å²) in [5, 5.41) is 23.5. The van der Waals surface area contributed by atoms with Crippen molar-refractivity contribution >= 4 is 22.0 Å². The van der Waals surface area contributed by atoms with E-state index in [-0.39, 0.29) is 25.5 Å². The third-order valence-corrected chi connectivity index (χ3v) is 6.47. The molecule has 2 unspecified atom stereocenters. The molecule has 166 valence electrons. The van der Waals surface area contributed by atoms with E-state index in [1.54, 1.807) is 6.07 Å². The number of alkyl carbamates (subject to hydrolysis) is 1. The van der Waals surface area contributed by atoms with Crippen molar-refractivity contribution in [2.75, 3.05) is 13.2 Å². The van der Waals surface area contributed by atoms with Crippen molar-refractivity contribution in [1.82, 2.24) is 5.32 Å². The molecule has 3 aromatic rings. The third kappa shape index (κ3) is 4.72. The number of benzene rings is 3. The van der Waals surface area contributed by atoms with Crippen LogP contribution in [0.5, 0.6) is 0 Å². The van der Waals surface area contributed by atoms with E-state index in [4.69, 9.17) is 4.74 Å². The molecule has 0 radical (unpaired) electrons. The Morgan fingerprint density at radius 3 is 2.31 bits per heavy atom. The van der Waals surface area contributed by atoms with Crippen LogP contribution in [-0.4, -0.2) is 35.6 Å². The van der Waals surface area contributed by atoms with Crippen molar-refractivity contribution in [3.8, 4) is 11.1 Å². The van der Waals surface area contributed by atoms with Gasteiger partial charge in [0.1, 0.15) is 12.7 Å². The predicted octanol–water partition coefficient (Wildman–Crippen LogP) is 5.08. The molecule has 0 spiro atoms. The summed E-state index contributed by atoms with van der Waals surface area (Å²) in [5.74, 6) is 0.0000603. The van der Waals surface area contributed by atoms with Gasteiger partial charge in [-0.3, -0.25) is 0 Å². The molecule has 0 aromatic heterocycles. The Kier molecular flexibility index (Phi) is 6.94. The maximum absolute atomic E-state index is 12.3. The molecule has 6 heteroatoms. The first-order chi connectivity index (χ1) is 15.5. The second kappa shape index (κ2) is 9.86. The quantitative estimate of drug-likeness (QED) is 0.426. The molecule has 0 fully saturated rings. The molecule has 1 amide bonds. The van der Waals surface area contributed by atoms with Crippen LogP contribution in [-0.2, 0) is 4.74 Å². The van der Waals surface area contributed by atoms with Gasteiger partial charge < -0.3 is 20.3 Å². The highest BCUT2D eigenvalue weighted by molar-refractivity contribution is 9.10. The van der Waals surface area contributed by atoms with Gasteiger partial charge in [-0.15, -0.1) is 0 Å². The number of halogens is 1. The average molecular weight is 496 g/mol. The first-order valence-corrected chi connectivity index (χ1v) is 11.5. The van der Waals surface area contributed by atoms with E-state index in [1.165, 1.54) is 11.1 Å². The number of aliphatic hydroxyl groups is 2. The molecular formula is C26H26BrNO4. The summed E-state index contributed by atoms with van der Waals surface area (Å²) >= 11 is 3.38. The van der Waals surface area contributed by atoms with Gasteiger partial charge in [-0.25, -0.2) is 4.79 Å². The summed E-state index contributed by atoms with van der Waals surface area (Å²) in [5.41, 5.74) is 6.22. The number of rotatable bonds is 7. The zero-order valence-electron chi connectivity index (χ0n) is 17.8. The van der Waals surface area contributed by atoms with E-state index in [2.05, 4.69) is 45.5 Å². The minimum absolute atomic E-state index is 0.0000603.